The van der Waals surface area contributed by atoms with E-state index in [1.165, 1.54) is 12.0 Å². The molecule has 0 saturated carbocycles. The molecule has 1 aromatic carbocycles. The van der Waals surface area contributed by atoms with Gasteiger partial charge in [0.1, 0.15) is 28.7 Å². The average Bonchev–Trinajstić information content (AvgIpc) is 3.01. The third-order valence-electron chi connectivity index (χ3n) is 4.77. The van der Waals surface area contributed by atoms with Crippen molar-refractivity contribution in [2.75, 3.05) is 25.7 Å². The molecule has 142 valence electrons. The number of nitrogens with one attached hydrogen (secondary N) is 2. The van der Waals surface area contributed by atoms with Crippen LogP contribution in [0.4, 0.5) is 5.69 Å². The molecule has 4 rings (SSSR count). The molecule has 1 unspecified atom stereocenters. The molecule has 0 aromatic heterocycles. The largest absolute Gasteiger partial charge is 0.497 e. The summed E-state index contributed by atoms with van der Waals surface area (Å²) in [6.07, 6.45) is 7.04. The number of allylic oxidation sites excluding steroid dienone is 3. The van der Waals surface area contributed by atoms with E-state index in [9.17, 15) is 9.59 Å². The normalized spacial score (nSPS) is 23.5. The lowest BCUT2D eigenvalue weighted by Gasteiger charge is -2.23. The van der Waals surface area contributed by atoms with E-state index in [0.717, 1.165) is 0 Å². The Balaban J connectivity index is 1.75. The number of anilines is 1. The molecule has 1 aromatic rings. The van der Waals surface area contributed by atoms with E-state index in [4.69, 9.17) is 14.9 Å². The van der Waals surface area contributed by atoms with Gasteiger partial charge in [0, 0.05) is 6.07 Å². The predicted molar refractivity (Wildman–Crippen MR) is 104 cm³/mol. The molecule has 8 heteroatoms. The van der Waals surface area contributed by atoms with Gasteiger partial charge in [0.2, 0.25) is 5.91 Å². The van der Waals surface area contributed by atoms with Gasteiger partial charge in [0.05, 0.1) is 38.1 Å². The number of nitrogens with zero attached hydrogens (tertiary/aromatic N) is 2. The van der Waals surface area contributed by atoms with E-state index in [1.807, 2.05) is 0 Å². The number of benzene rings is 1. The van der Waals surface area contributed by atoms with Crippen LogP contribution in [0.25, 0.3) is 0 Å². The number of methoxy groups -OCH3 is 2. The summed E-state index contributed by atoms with van der Waals surface area (Å²) in [6.45, 7) is -0.0414. The number of hydrogen-bond acceptors (Lipinski definition) is 6. The minimum atomic E-state index is -0.474. The highest BCUT2D eigenvalue weighted by Gasteiger charge is 2.38. The SMILES string of the molecule is COc1ccc(N2CC(=O)/C(=C3\N=C4C=CC=CC4C(=O)N3)C2=N)c(OC)c1. The van der Waals surface area contributed by atoms with Crippen molar-refractivity contribution >= 4 is 28.9 Å². The number of hydrogen-bond donors (Lipinski definition) is 2. The smallest absolute Gasteiger partial charge is 0.238 e. The molecule has 1 fully saturated rings. The number of rotatable bonds is 3. The van der Waals surface area contributed by atoms with Gasteiger partial charge in [0.25, 0.3) is 0 Å². The molecule has 0 bridgehead atoms. The number of ketones is 1. The molecule has 3 aliphatic rings. The second-order valence-corrected chi connectivity index (χ2v) is 6.37. The van der Waals surface area contributed by atoms with Gasteiger partial charge in [-0.05, 0) is 18.2 Å². The Morgan fingerprint density at radius 2 is 2.04 bits per heavy atom. The van der Waals surface area contributed by atoms with Crippen LogP contribution in [0.3, 0.4) is 0 Å². The standard InChI is InChI=1S/C20H18N4O4/c1-27-11-7-8-14(16(9-11)28-2)24-10-15(25)17(18(24)21)19-22-13-6-4-3-5-12(13)20(26)23-19/h3-9,12,21H,10H2,1-2H3,(H,23,26)/b19-17-,21-18?. The maximum Gasteiger partial charge on any atom is 0.238 e. The summed E-state index contributed by atoms with van der Waals surface area (Å²) in [4.78, 5) is 31.0. The summed E-state index contributed by atoms with van der Waals surface area (Å²) in [5, 5.41) is 11.2. The molecule has 28 heavy (non-hydrogen) atoms. The average molecular weight is 378 g/mol. The van der Waals surface area contributed by atoms with Crippen LogP contribution in [-0.4, -0.2) is 44.0 Å². The molecule has 1 amide bonds. The van der Waals surface area contributed by atoms with Gasteiger partial charge in [-0.1, -0.05) is 18.2 Å². The number of fused-ring (bicyclic) bond motifs is 1. The van der Waals surface area contributed by atoms with Crippen LogP contribution in [0, 0.1) is 11.3 Å². The molecule has 2 N–H and O–H groups in total. The molecule has 1 atom stereocenters. The molecule has 2 aliphatic heterocycles. The minimum absolute atomic E-state index is 0.0399. The van der Waals surface area contributed by atoms with Crippen LogP contribution in [0.15, 0.2) is 58.9 Å². The Morgan fingerprint density at radius 1 is 1.21 bits per heavy atom. The molecule has 0 spiro atoms. The van der Waals surface area contributed by atoms with Crippen molar-refractivity contribution in [2.45, 2.75) is 0 Å². The van der Waals surface area contributed by atoms with E-state index in [2.05, 4.69) is 10.3 Å². The summed E-state index contributed by atoms with van der Waals surface area (Å²) in [5.74, 6) is 0.110. The predicted octanol–water partition coefficient (Wildman–Crippen LogP) is 1.59. The second kappa shape index (κ2) is 6.80. The fraction of sp³-hybridized carbons (Fsp3) is 0.200. The van der Waals surface area contributed by atoms with Crippen molar-refractivity contribution in [1.29, 1.82) is 5.41 Å². The van der Waals surface area contributed by atoms with Crippen LogP contribution in [-0.2, 0) is 9.59 Å². The number of ether oxygens (including phenoxy) is 2. The van der Waals surface area contributed by atoms with Gasteiger partial charge in [0.15, 0.2) is 5.78 Å². The van der Waals surface area contributed by atoms with Crippen molar-refractivity contribution in [2.24, 2.45) is 10.9 Å². The second-order valence-electron chi connectivity index (χ2n) is 6.37. The lowest BCUT2D eigenvalue weighted by Crippen LogP contribution is -2.39. The van der Waals surface area contributed by atoms with Gasteiger partial charge in [-0.2, -0.15) is 0 Å². The molecule has 1 saturated heterocycles. The maximum absolute atomic E-state index is 12.7. The Labute approximate surface area is 161 Å². The fourth-order valence-corrected chi connectivity index (χ4v) is 3.36. The Kier molecular flexibility index (Phi) is 4.31. The van der Waals surface area contributed by atoms with Crippen molar-refractivity contribution < 1.29 is 19.1 Å². The highest BCUT2D eigenvalue weighted by atomic mass is 16.5. The molecule has 0 radical (unpaired) electrons. The molecule has 8 nitrogen and oxygen atoms in total. The lowest BCUT2D eigenvalue weighted by molar-refractivity contribution is -0.121. The number of carbonyl (C=O) groups is 2. The van der Waals surface area contributed by atoms with Gasteiger partial charge < -0.3 is 19.7 Å². The van der Waals surface area contributed by atoms with E-state index >= 15 is 0 Å². The van der Waals surface area contributed by atoms with Gasteiger partial charge in [-0.25, -0.2) is 4.99 Å². The first-order valence-corrected chi connectivity index (χ1v) is 8.63. The van der Waals surface area contributed by atoms with E-state index in [-0.39, 0.29) is 35.5 Å². The van der Waals surface area contributed by atoms with Crippen LogP contribution in [0.5, 0.6) is 11.5 Å². The molecule has 2 heterocycles. The fourth-order valence-electron chi connectivity index (χ4n) is 3.36. The highest BCUT2D eigenvalue weighted by molar-refractivity contribution is 6.34. The summed E-state index contributed by atoms with van der Waals surface area (Å²) in [5.41, 5.74) is 1.19. The van der Waals surface area contributed by atoms with Crippen molar-refractivity contribution in [3.05, 3.63) is 53.9 Å². The van der Waals surface area contributed by atoms with Gasteiger partial charge in [-0.3, -0.25) is 15.0 Å². The quantitative estimate of drug-likeness (QED) is 0.778. The Hall–Kier alpha value is -3.68. The number of amidine groups is 1. The molecule has 1 aliphatic carbocycles. The zero-order chi connectivity index (χ0) is 19.8. The summed E-state index contributed by atoms with van der Waals surface area (Å²) < 4.78 is 10.6. The maximum atomic E-state index is 12.7. The first-order chi connectivity index (χ1) is 13.5. The molecular weight excluding hydrogens is 360 g/mol. The highest BCUT2D eigenvalue weighted by Crippen LogP contribution is 2.36. The van der Waals surface area contributed by atoms with Crippen LogP contribution in [0.1, 0.15) is 0 Å². The third kappa shape index (κ3) is 2.79. The van der Waals surface area contributed by atoms with Crippen LogP contribution >= 0.6 is 0 Å². The monoisotopic (exact) mass is 378 g/mol. The van der Waals surface area contributed by atoms with E-state index in [1.54, 1.807) is 49.6 Å². The first-order valence-electron chi connectivity index (χ1n) is 8.63. The van der Waals surface area contributed by atoms with Crippen molar-refractivity contribution in [3.8, 4) is 11.5 Å². The van der Waals surface area contributed by atoms with Gasteiger partial charge >= 0.3 is 0 Å². The summed E-state index contributed by atoms with van der Waals surface area (Å²) in [7, 11) is 3.06. The minimum Gasteiger partial charge on any atom is -0.497 e. The van der Waals surface area contributed by atoms with E-state index < -0.39 is 5.92 Å². The summed E-state index contributed by atoms with van der Waals surface area (Å²) in [6, 6.07) is 5.14. The van der Waals surface area contributed by atoms with Crippen LogP contribution in [0.2, 0.25) is 0 Å². The lowest BCUT2D eigenvalue weighted by atomic mass is 9.95. The van der Waals surface area contributed by atoms with Crippen molar-refractivity contribution in [1.82, 2.24) is 5.32 Å². The topological polar surface area (TPSA) is 104 Å². The number of carbonyl (C=O) groups excluding carboxylic acids is 2. The number of amides is 1. The van der Waals surface area contributed by atoms with E-state index in [0.29, 0.717) is 22.9 Å². The zero-order valence-electron chi connectivity index (χ0n) is 15.4. The third-order valence-corrected chi connectivity index (χ3v) is 4.77. The first kappa shape index (κ1) is 17.7. The Bertz CT molecular complexity index is 1020. The zero-order valence-corrected chi connectivity index (χ0v) is 15.4. The van der Waals surface area contributed by atoms with Crippen molar-refractivity contribution in [3.63, 3.8) is 0 Å². The number of Topliss-reactive ketones (excluding diaryl/α,β-unsaturated/α-hetero) is 1. The summed E-state index contributed by atoms with van der Waals surface area (Å²) >= 11 is 0. The van der Waals surface area contributed by atoms with Crippen LogP contribution < -0.4 is 19.7 Å². The molecular formula is C20H18N4O4. The van der Waals surface area contributed by atoms with Gasteiger partial charge in [-0.15, -0.1) is 0 Å². The number of aliphatic imine (C=N–C) groups is 1. The Morgan fingerprint density at radius 3 is 2.79 bits per heavy atom.